The van der Waals surface area contributed by atoms with Gasteiger partial charge in [0.15, 0.2) is 5.69 Å². The molecular weight excluding hydrogens is 312 g/mol. The first-order valence-corrected chi connectivity index (χ1v) is 9.20. The van der Waals surface area contributed by atoms with Crippen molar-refractivity contribution in [2.45, 2.75) is 25.7 Å². The molecule has 0 spiro atoms. The number of nitrogens with zero attached hydrogens (tertiary/aromatic N) is 4. The maximum absolute atomic E-state index is 12.9. The Kier molecular flexibility index (Phi) is 4.55. The normalized spacial score (nSPS) is 18.2. The van der Waals surface area contributed by atoms with E-state index in [0.29, 0.717) is 5.69 Å². The fourth-order valence-corrected chi connectivity index (χ4v) is 3.78. The third kappa shape index (κ3) is 3.31. The molecule has 2 saturated heterocycles. The molecule has 130 valence electrons. The summed E-state index contributed by atoms with van der Waals surface area (Å²) in [6.45, 7) is 4.09. The van der Waals surface area contributed by atoms with Crippen molar-refractivity contribution in [1.29, 1.82) is 0 Å². The molecule has 0 aliphatic carbocycles. The number of para-hydroxylation sites is 3. The topological polar surface area (TPSA) is 44.9 Å². The summed E-state index contributed by atoms with van der Waals surface area (Å²) in [5, 5.41) is 17.3. The molecule has 2 aromatic rings. The zero-order valence-corrected chi connectivity index (χ0v) is 14.5. The summed E-state index contributed by atoms with van der Waals surface area (Å²) in [6.07, 6.45) is 4.77. The Labute approximate surface area is 148 Å². The second-order valence-electron chi connectivity index (χ2n) is 6.74. The minimum absolute atomic E-state index is 0.626. The molecule has 4 rings (SSSR count). The lowest BCUT2D eigenvalue weighted by Gasteiger charge is -2.20. The predicted octanol–water partition coefficient (Wildman–Crippen LogP) is 4.81. The van der Waals surface area contributed by atoms with E-state index in [2.05, 4.69) is 21.0 Å². The van der Waals surface area contributed by atoms with Gasteiger partial charge in [0.25, 0.3) is 5.69 Å². The highest BCUT2D eigenvalue weighted by Gasteiger charge is 2.21. The highest BCUT2D eigenvalue weighted by molar-refractivity contribution is 5.67. The van der Waals surface area contributed by atoms with Gasteiger partial charge in [-0.2, -0.15) is 0 Å². The van der Waals surface area contributed by atoms with Crippen LogP contribution >= 0.6 is 0 Å². The molecule has 2 aliphatic heterocycles. The van der Waals surface area contributed by atoms with Crippen molar-refractivity contribution in [1.82, 2.24) is 0 Å². The van der Waals surface area contributed by atoms with E-state index in [-0.39, 0.29) is 0 Å². The summed E-state index contributed by atoms with van der Waals surface area (Å²) in [5.41, 5.74) is 3.41. The van der Waals surface area contributed by atoms with E-state index in [9.17, 15) is 5.21 Å². The third-order valence-electron chi connectivity index (χ3n) is 5.06. The maximum Gasteiger partial charge on any atom is 0.268 e. The molecule has 5 heteroatoms. The first kappa shape index (κ1) is 15.9. The average Bonchev–Trinajstić information content (AvgIpc) is 3.36. The molecule has 25 heavy (non-hydrogen) atoms. The molecular formula is C20H24N4O. The summed E-state index contributed by atoms with van der Waals surface area (Å²) in [6, 6.07) is 15.7. The van der Waals surface area contributed by atoms with Gasteiger partial charge in [0, 0.05) is 37.4 Å². The number of hydrogen-bond donors (Lipinski definition) is 0. The van der Waals surface area contributed by atoms with Gasteiger partial charge in [-0.05, 0) is 48.7 Å². The Hall–Kier alpha value is -2.56. The van der Waals surface area contributed by atoms with E-state index in [0.717, 1.165) is 48.1 Å². The average molecular weight is 336 g/mol. The zero-order valence-electron chi connectivity index (χ0n) is 14.5. The fraction of sp³-hybridized carbons (Fsp3) is 0.400. The summed E-state index contributed by atoms with van der Waals surface area (Å²) in [5.74, 6) is 0. The fourth-order valence-electron chi connectivity index (χ4n) is 3.78. The summed E-state index contributed by atoms with van der Waals surface area (Å²) in [4.78, 5) is 5.39. The van der Waals surface area contributed by atoms with E-state index < -0.39 is 0 Å². The second-order valence-corrected chi connectivity index (χ2v) is 6.74. The van der Waals surface area contributed by atoms with Crippen molar-refractivity contribution < 1.29 is 4.86 Å². The molecule has 0 atom stereocenters. The number of benzene rings is 2. The van der Waals surface area contributed by atoms with Crippen molar-refractivity contribution in [2.24, 2.45) is 5.11 Å². The van der Waals surface area contributed by atoms with Crippen molar-refractivity contribution in [3.05, 3.63) is 53.7 Å². The van der Waals surface area contributed by atoms with E-state index in [1.165, 1.54) is 25.7 Å². The van der Waals surface area contributed by atoms with Gasteiger partial charge in [-0.1, -0.05) is 24.3 Å². The number of rotatable bonds is 4. The molecule has 0 unspecified atom stereocenters. The highest BCUT2D eigenvalue weighted by Crippen LogP contribution is 2.35. The van der Waals surface area contributed by atoms with E-state index >= 15 is 0 Å². The monoisotopic (exact) mass is 336 g/mol. The largest absolute Gasteiger partial charge is 0.594 e. The lowest BCUT2D eigenvalue weighted by atomic mass is 10.2. The number of anilines is 2. The molecule has 2 aliphatic rings. The lowest BCUT2D eigenvalue weighted by Crippen LogP contribution is -2.19. The molecule has 0 radical (unpaired) electrons. The van der Waals surface area contributed by atoms with Crippen LogP contribution in [-0.2, 0) is 0 Å². The minimum atomic E-state index is 0.626. The van der Waals surface area contributed by atoms with Gasteiger partial charge >= 0.3 is 0 Å². The quantitative estimate of drug-likeness (QED) is 0.457. The third-order valence-corrected chi connectivity index (χ3v) is 5.06. The Balaban J connectivity index is 1.69. The van der Waals surface area contributed by atoms with Crippen LogP contribution in [0.1, 0.15) is 25.7 Å². The van der Waals surface area contributed by atoms with Gasteiger partial charge in [0.2, 0.25) is 0 Å². The van der Waals surface area contributed by atoms with E-state index in [1.807, 2.05) is 42.5 Å². The van der Waals surface area contributed by atoms with Gasteiger partial charge in [-0.3, -0.25) is 0 Å². The van der Waals surface area contributed by atoms with Crippen LogP contribution in [0.5, 0.6) is 0 Å². The SMILES string of the molecule is [O-][N+](=Nc1ccccc1N1CCCC1)c1ccccc1N1CCCC1. The Morgan fingerprint density at radius 2 is 1.24 bits per heavy atom. The van der Waals surface area contributed by atoms with Gasteiger partial charge in [-0.15, -0.1) is 0 Å². The Morgan fingerprint density at radius 1 is 0.720 bits per heavy atom. The molecule has 0 amide bonds. The van der Waals surface area contributed by atoms with E-state index in [4.69, 9.17) is 0 Å². The number of azo groups is 1. The van der Waals surface area contributed by atoms with Gasteiger partial charge < -0.3 is 15.0 Å². The van der Waals surface area contributed by atoms with Gasteiger partial charge in [-0.25, -0.2) is 0 Å². The smallest absolute Gasteiger partial charge is 0.268 e. The molecule has 2 fully saturated rings. The van der Waals surface area contributed by atoms with Crippen molar-refractivity contribution in [3.8, 4) is 0 Å². The van der Waals surface area contributed by atoms with Crippen LogP contribution in [0.25, 0.3) is 0 Å². The van der Waals surface area contributed by atoms with Crippen LogP contribution in [0.2, 0.25) is 0 Å². The Morgan fingerprint density at radius 3 is 1.92 bits per heavy atom. The summed E-state index contributed by atoms with van der Waals surface area (Å²) < 4.78 is 0. The molecule has 0 aromatic heterocycles. The summed E-state index contributed by atoms with van der Waals surface area (Å²) in [7, 11) is 0. The standard InChI is InChI=1S/C20H24N4O/c25-24(20-12-4-3-11-19(20)23-15-7-8-16-23)21-17-9-1-2-10-18(17)22-13-5-6-14-22/h1-4,9-12H,5-8,13-16H2. The molecule has 2 heterocycles. The van der Waals surface area contributed by atoms with Crippen LogP contribution in [0.4, 0.5) is 22.7 Å². The van der Waals surface area contributed by atoms with Crippen LogP contribution in [-0.4, -0.2) is 31.0 Å². The first-order chi connectivity index (χ1) is 12.3. The van der Waals surface area contributed by atoms with Crippen LogP contribution in [0.15, 0.2) is 53.6 Å². The first-order valence-electron chi connectivity index (χ1n) is 9.20. The maximum atomic E-state index is 12.9. The van der Waals surface area contributed by atoms with Gasteiger partial charge in [0.1, 0.15) is 5.69 Å². The van der Waals surface area contributed by atoms with E-state index in [1.54, 1.807) is 0 Å². The van der Waals surface area contributed by atoms with Crippen LogP contribution in [0, 0.1) is 5.21 Å². The number of hydrogen-bond acceptors (Lipinski definition) is 4. The van der Waals surface area contributed by atoms with Crippen LogP contribution in [0.3, 0.4) is 0 Å². The second kappa shape index (κ2) is 7.13. The molecule has 5 nitrogen and oxygen atoms in total. The van der Waals surface area contributed by atoms with Crippen molar-refractivity contribution >= 4 is 22.7 Å². The zero-order chi connectivity index (χ0) is 17.1. The predicted molar refractivity (Wildman–Crippen MR) is 101 cm³/mol. The molecule has 0 bridgehead atoms. The molecule has 0 N–H and O–H groups in total. The van der Waals surface area contributed by atoms with Gasteiger partial charge in [0.05, 0.1) is 5.69 Å². The molecule has 0 saturated carbocycles. The van der Waals surface area contributed by atoms with Crippen LogP contribution < -0.4 is 9.80 Å². The molecule has 2 aromatic carbocycles. The van der Waals surface area contributed by atoms with Crippen molar-refractivity contribution in [3.63, 3.8) is 0 Å². The van der Waals surface area contributed by atoms with Crippen molar-refractivity contribution in [2.75, 3.05) is 36.0 Å². The summed E-state index contributed by atoms with van der Waals surface area (Å²) >= 11 is 0. The Bertz CT molecular complexity index is 762. The lowest BCUT2D eigenvalue weighted by molar-refractivity contribution is -0.434. The minimum Gasteiger partial charge on any atom is -0.594 e. The highest BCUT2D eigenvalue weighted by atomic mass is 16.5.